The van der Waals surface area contributed by atoms with E-state index in [1.807, 2.05) is 0 Å². The third-order valence-corrected chi connectivity index (χ3v) is 5.09. The van der Waals surface area contributed by atoms with Crippen LogP contribution in [0.2, 0.25) is 0 Å². The average molecular weight is 529 g/mol. The first-order valence-corrected chi connectivity index (χ1v) is 13.0. The summed E-state index contributed by atoms with van der Waals surface area (Å²) in [4.78, 5) is 12.1. The van der Waals surface area contributed by atoms with Crippen LogP contribution in [0.4, 0.5) is 27.6 Å². The Bertz CT molecular complexity index is 936. The van der Waals surface area contributed by atoms with Gasteiger partial charge in [0, 0.05) is 0 Å². The Morgan fingerprint density at radius 3 is 2.07 bits per heavy atom. The van der Waals surface area contributed by atoms with Crippen LogP contribution in [-0.4, -0.2) is 16.6 Å². The predicted octanol–water partition coefficient (Wildman–Crippen LogP) is 5.50. The summed E-state index contributed by atoms with van der Waals surface area (Å²) in [5.74, 6) is -12.3. The normalized spacial score (nSPS) is 11.4. The van der Waals surface area contributed by atoms with Gasteiger partial charge < -0.3 is 0 Å². The van der Waals surface area contributed by atoms with Gasteiger partial charge in [0.25, 0.3) is 0 Å². The second-order valence-electron chi connectivity index (χ2n) is 5.63. The number of hydrogen-bond donors (Lipinski definition) is 1. The first kappa shape index (κ1) is 22.7. The molecule has 0 radical (unpaired) electrons. The quantitative estimate of drug-likeness (QED) is 0.241. The van der Waals surface area contributed by atoms with Gasteiger partial charge in [0.2, 0.25) is 0 Å². The molecule has 0 spiro atoms. The Kier molecular flexibility index (Phi) is 7.54. The van der Waals surface area contributed by atoms with Gasteiger partial charge in [-0.05, 0) is 0 Å². The Balaban J connectivity index is 2.44. The van der Waals surface area contributed by atoms with Crippen molar-refractivity contribution in [2.24, 2.45) is 0 Å². The van der Waals surface area contributed by atoms with Crippen LogP contribution >= 0.6 is 19.4 Å². The van der Waals surface area contributed by atoms with E-state index in [2.05, 4.69) is 5.32 Å². The minimum atomic E-state index is -2.35. The number of hydrogen-bond acceptors (Lipinski definition) is 2. The molecule has 2 aromatic carbocycles. The maximum absolute atomic E-state index is 13.8. The number of carbonyl (C=O) groups excluding carboxylic acids is 1. The van der Waals surface area contributed by atoms with Crippen molar-refractivity contribution >= 4 is 35.6 Å². The summed E-state index contributed by atoms with van der Waals surface area (Å²) in [7, 11) is 11.7. The van der Waals surface area contributed by atoms with Gasteiger partial charge in [-0.3, -0.25) is 0 Å². The second-order valence-corrected chi connectivity index (χ2v) is 11.3. The number of ether oxygens (including phenoxy) is 1. The molecule has 0 saturated heterocycles. The van der Waals surface area contributed by atoms with Crippen molar-refractivity contribution in [3.8, 4) is 5.75 Å². The fourth-order valence-electron chi connectivity index (χ4n) is 2.15. The predicted molar refractivity (Wildman–Crippen MR) is 93.3 cm³/mol. The molecular formula is C17H12Cl2F5NO2Ru. The van der Waals surface area contributed by atoms with Crippen LogP contribution in [-0.2, 0) is 13.5 Å². The molecule has 0 unspecified atom stereocenters. The van der Waals surface area contributed by atoms with Gasteiger partial charge in [-0.1, -0.05) is 0 Å². The SMILES string of the molecule is CC(C)Oc1ccc(NC(=O)c2c(F)c(F)c(F)c(F)c2F)cc1[CH]=[Ru]([Cl])[Cl]. The number of nitrogens with one attached hydrogen (secondary N) is 1. The Labute approximate surface area is 169 Å². The zero-order valence-electron chi connectivity index (χ0n) is 14.2. The molecule has 154 valence electrons. The van der Waals surface area contributed by atoms with Gasteiger partial charge in [0.1, 0.15) is 0 Å². The van der Waals surface area contributed by atoms with Crippen molar-refractivity contribution in [3.63, 3.8) is 0 Å². The molecule has 2 aromatic rings. The number of anilines is 1. The van der Waals surface area contributed by atoms with E-state index in [1.54, 1.807) is 13.8 Å². The van der Waals surface area contributed by atoms with Gasteiger partial charge >= 0.3 is 170 Å². The summed E-state index contributed by atoms with van der Waals surface area (Å²) in [6, 6.07) is 4.14. The molecule has 0 fully saturated rings. The third kappa shape index (κ3) is 5.07. The number of amides is 1. The van der Waals surface area contributed by atoms with E-state index in [1.165, 1.54) is 22.8 Å². The van der Waals surface area contributed by atoms with E-state index >= 15 is 0 Å². The van der Waals surface area contributed by atoms with Crippen LogP contribution in [0.5, 0.6) is 5.75 Å². The summed E-state index contributed by atoms with van der Waals surface area (Å²) in [6.45, 7) is 3.55. The van der Waals surface area contributed by atoms with Crippen LogP contribution in [0.25, 0.3) is 0 Å². The van der Waals surface area contributed by atoms with Crippen molar-refractivity contribution < 1.29 is 45.0 Å². The molecule has 11 heteroatoms. The van der Waals surface area contributed by atoms with E-state index < -0.39 is 54.1 Å². The van der Waals surface area contributed by atoms with Gasteiger partial charge in [0.15, 0.2) is 0 Å². The molecule has 28 heavy (non-hydrogen) atoms. The molecule has 0 aromatic heterocycles. The van der Waals surface area contributed by atoms with E-state index in [4.69, 9.17) is 24.1 Å². The Morgan fingerprint density at radius 2 is 1.57 bits per heavy atom. The number of carbonyl (C=O) groups is 1. The van der Waals surface area contributed by atoms with E-state index in [0.717, 1.165) is 0 Å². The third-order valence-electron chi connectivity index (χ3n) is 3.25. The average Bonchev–Trinajstić information content (AvgIpc) is 2.60. The van der Waals surface area contributed by atoms with Gasteiger partial charge in [0.05, 0.1) is 0 Å². The second kappa shape index (κ2) is 9.29. The molecule has 3 nitrogen and oxygen atoms in total. The topological polar surface area (TPSA) is 38.3 Å². The standard InChI is InChI=1S/C17H12F5NO2.2ClH.Ru/c1-7(2)25-10-5-4-9(6-8(10)3)23-17(24)11-12(18)14(20)16(22)15(21)13(11)19;;;/h3-7H,1-2H3,(H,23,24);2*1H;/q;;;+2/p-2. The molecule has 0 saturated carbocycles. The van der Waals surface area contributed by atoms with Crippen LogP contribution in [0, 0.1) is 29.1 Å². The summed E-state index contributed by atoms with van der Waals surface area (Å²) in [5.41, 5.74) is -1.17. The van der Waals surface area contributed by atoms with Crippen molar-refractivity contribution in [2.75, 3.05) is 5.32 Å². The first-order valence-electron chi connectivity index (χ1n) is 7.49. The van der Waals surface area contributed by atoms with Gasteiger partial charge in [-0.2, -0.15) is 0 Å². The van der Waals surface area contributed by atoms with Crippen molar-refractivity contribution in [3.05, 3.63) is 58.4 Å². The van der Waals surface area contributed by atoms with Crippen LogP contribution in [0.3, 0.4) is 0 Å². The Hall–Kier alpha value is -1.57. The van der Waals surface area contributed by atoms with Gasteiger partial charge in [-0.15, -0.1) is 0 Å². The fourth-order valence-corrected chi connectivity index (χ4v) is 3.93. The summed E-state index contributed by atoms with van der Waals surface area (Å²) >= 11 is -2.30. The Morgan fingerprint density at radius 1 is 1.04 bits per heavy atom. The number of rotatable bonds is 5. The molecule has 0 bridgehead atoms. The van der Waals surface area contributed by atoms with Crippen LogP contribution < -0.4 is 10.1 Å². The molecule has 1 N–H and O–H groups in total. The van der Waals surface area contributed by atoms with Crippen molar-refractivity contribution in [1.82, 2.24) is 0 Å². The van der Waals surface area contributed by atoms with Crippen LogP contribution in [0.1, 0.15) is 29.8 Å². The molecule has 0 atom stereocenters. The zero-order chi connectivity index (χ0) is 21.2. The summed E-state index contributed by atoms with van der Waals surface area (Å²) in [5, 5.41) is 2.09. The first-order chi connectivity index (χ1) is 13.0. The molecule has 0 aliphatic rings. The van der Waals surface area contributed by atoms with Crippen molar-refractivity contribution in [1.29, 1.82) is 0 Å². The molecular weight excluding hydrogens is 517 g/mol. The maximum atomic E-state index is 13.8. The molecule has 0 aliphatic heterocycles. The van der Waals surface area contributed by atoms with Crippen LogP contribution in [0.15, 0.2) is 18.2 Å². The van der Waals surface area contributed by atoms with E-state index in [-0.39, 0.29) is 11.8 Å². The monoisotopic (exact) mass is 529 g/mol. The molecule has 0 aliphatic carbocycles. The fraction of sp³-hybridized carbons (Fsp3) is 0.176. The van der Waals surface area contributed by atoms with E-state index in [0.29, 0.717) is 11.3 Å². The minimum absolute atomic E-state index is 0.0139. The van der Waals surface area contributed by atoms with E-state index in [9.17, 15) is 26.7 Å². The number of halogens is 7. The number of benzene rings is 2. The van der Waals surface area contributed by atoms with Gasteiger partial charge in [-0.25, -0.2) is 0 Å². The van der Waals surface area contributed by atoms with Crippen molar-refractivity contribution in [2.45, 2.75) is 20.0 Å². The molecule has 1 amide bonds. The zero-order valence-corrected chi connectivity index (χ0v) is 17.5. The molecule has 2 rings (SSSR count). The summed E-state index contributed by atoms with van der Waals surface area (Å²) in [6.07, 6.45) is -0.188. The summed E-state index contributed by atoms with van der Waals surface area (Å²) < 4.78 is 74.3. The molecule has 0 heterocycles.